The van der Waals surface area contributed by atoms with Gasteiger partial charge < -0.3 is 5.73 Å². The fourth-order valence-electron chi connectivity index (χ4n) is 1.72. The summed E-state index contributed by atoms with van der Waals surface area (Å²) in [7, 11) is 0. The lowest BCUT2D eigenvalue weighted by Gasteiger charge is -2.10. The Hall–Kier alpha value is -1.79. The third-order valence-corrected chi connectivity index (χ3v) is 3.07. The fourth-order valence-corrected chi connectivity index (χ4v) is 2.13. The first-order valence-electron chi connectivity index (χ1n) is 5.21. The van der Waals surface area contributed by atoms with Crippen LogP contribution in [0.5, 0.6) is 0 Å². The Morgan fingerprint density at radius 3 is 2.35 bits per heavy atom. The van der Waals surface area contributed by atoms with Crippen LogP contribution < -0.4 is 5.73 Å². The van der Waals surface area contributed by atoms with Crippen LogP contribution in [0.15, 0.2) is 53.0 Å². The third kappa shape index (κ3) is 2.66. The molecule has 2 rings (SSSR count). The van der Waals surface area contributed by atoms with Gasteiger partial charge in [0.05, 0.1) is 12.0 Å². The smallest absolute Gasteiger partial charge is 0.0963 e. The summed E-state index contributed by atoms with van der Waals surface area (Å²) < 4.78 is 0.977. The van der Waals surface area contributed by atoms with Gasteiger partial charge in [0, 0.05) is 10.2 Å². The molecule has 0 aromatic heterocycles. The van der Waals surface area contributed by atoms with E-state index in [1.54, 1.807) is 0 Å². The van der Waals surface area contributed by atoms with Gasteiger partial charge in [-0.2, -0.15) is 5.26 Å². The van der Waals surface area contributed by atoms with Crippen LogP contribution in [-0.4, -0.2) is 0 Å². The monoisotopic (exact) mass is 286 g/mol. The van der Waals surface area contributed by atoms with Crippen molar-refractivity contribution >= 4 is 21.6 Å². The molecule has 0 fully saturated rings. The predicted octanol–water partition coefficient (Wildman–Crippen LogP) is 3.69. The van der Waals surface area contributed by atoms with Gasteiger partial charge in [-0.15, -0.1) is 0 Å². The van der Waals surface area contributed by atoms with Gasteiger partial charge in [0.25, 0.3) is 0 Å². The van der Waals surface area contributed by atoms with Gasteiger partial charge in [0.1, 0.15) is 0 Å². The minimum atomic E-state index is -0.256. The van der Waals surface area contributed by atoms with E-state index in [1.165, 1.54) is 0 Å². The van der Waals surface area contributed by atoms with Gasteiger partial charge in [-0.1, -0.05) is 40.2 Å². The Labute approximate surface area is 109 Å². The topological polar surface area (TPSA) is 49.8 Å². The molecule has 2 N–H and O–H groups in total. The summed E-state index contributed by atoms with van der Waals surface area (Å²) in [5.41, 5.74) is 8.29. The van der Waals surface area contributed by atoms with E-state index < -0.39 is 0 Å². The molecule has 3 heteroatoms. The second-order valence-corrected chi connectivity index (χ2v) is 4.70. The van der Waals surface area contributed by atoms with Crippen LogP contribution in [0.3, 0.4) is 0 Å². The zero-order valence-electron chi connectivity index (χ0n) is 9.10. The minimum Gasteiger partial charge on any atom is -0.399 e. The largest absolute Gasteiger partial charge is 0.399 e. The lowest BCUT2D eigenvalue weighted by Crippen LogP contribution is -1.98. The zero-order chi connectivity index (χ0) is 12.3. The Morgan fingerprint density at radius 1 is 1.06 bits per heavy atom. The Bertz CT molecular complexity index is 555. The summed E-state index contributed by atoms with van der Waals surface area (Å²) in [5, 5.41) is 9.30. The summed E-state index contributed by atoms with van der Waals surface area (Å²) in [4.78, 5) is 0. The maximum absolute atomic E-state index is 9.30. The van der Waals surface area contributed by atoms with Crippen molar-refractivity contribution in [1.82, 2.24) is 0 Å². The first kappa shape index (κ1) is 11.7. The number of anilines is 1. The van der Waals surface area contributed by atoms with Gasteiger partial charge in [-0.25, -0.2) is 0 Å². The fraction of sp³-hybridized carbons (Fsp3) is 0.0714. The van der Waals surface area contributed by atoms with Crippen molar-refractivity contribution in [2.45, 2.75) is 5.92 Å². The molecule has 0 aliphatic rings. The van der Waals surface area contributed by atoms with E-state index in [4.69, 9.17) is 5.73 Å². The molecule has 0 spiro atoms. The molecule has 0 bridgehead atoms. The molecule has 2 aromatic rings. The highest BCUT2D eigenvalue weighted by molar-refractivity contribution is 9.10. The number of halogens is 1. The number of nitriles is 1. The summed E-state index contributed by atoms with van der Waals surface area (Å²) in [5.74, 6) is -0.256. The van der Waals surface area contributed by atoms with Gasteiger partial charge >= 0.3 is 0 Å². The number of hydrogen-bond donors (Lipinski definition) is 1. The Balaban J connectivity index is 2.41. The van der Waals surface area contributed by atoms with Crippen molar-refractivity contribution in [1.29, 1.82) is 5.26 Å². The molecule has 0 saturated heterocycles. The zero-order valence-corrected chi connectivity index (χ0v) is 10.7. The van der Waals surface area contributed by atoms with Crippen molar-refractivity contribution in [2.75, 3.05) is 5.73 Å². The maximum Gasteiger partial charge on any atom is 0.0963 e. The van der Waals surface area contributed by atoms with E-state index in [0.717, 1.165) is 15.6 Å². The van der Waals surface area contributed by atoms with Crippen molar-refractivity contribution in [2.24, 2.45) is 0 Å². The van der Waals surface area contributed by atoms with Crippen LogP contribution >= 0.6 is 15.9 Å². The number of benzene rings is 2. The first-order chi connectivity index (χ1) is 8.20. The van der Waals surface area contributed by atoms with E-state index in [2.05, 4.69) is 22.0 Å². The molecule has 0 aliphatic carbocycles. The highest BCUT2D eigenvalue weighted by Gasteiger charge is 2.13. The van der Waals surface area contributed by atoms with E-state index in [9.17, 15) is 5.26 Å². The van der Waals surface area contributed by atoms with Crippen LogP contribution in [0.1, 0.15) is 17.0 Å². The van der Waals surface area contributed by atoms with Crippen molar-refractivity contribution in [3.8, 4) is 6.07 Å². The third-order valence-electron chi connectivity index (χ3n) is 2.58. The lowest BCUT2D eigenvalue weighted by molar-refractivity contribution is 1.04. The highest BCUT2D eigenvalue weighted by atomic mass is 79.9. The van der Waals surface area contributed by atoms with Gasteiger partial charge in [-0.3, -0.25) is 0 Å². The number of nitrogens with zero attached hydrogens (tertiary/aromatic N) is 1. The van der Waals surface area contributed by atoms with Crippen molar-refractivity contribution < 1.29 is 0 Å². The summed E-state index contributed by atoms with van der Waals surface area (Å²) in [6, 6.07) is 17.5. The molecule has 2 aromatic carbocycles. The van der Waals surface area contributed by atoms with E-state index in [-0.39, 0.29) is 5.92 Å². The summed E-state index contributed by atoms with van der Waals surface area (Å²) in [6.07, 6.45) is 0. The van der Waals surface area contributed by atoms with Crippen molar-refractivity contribution in [3.05, 3.63) is 64.1 Å². The van der Waals surface area contributed by atoms with Gasteiger partial charge in [0.15, 0.2) is 0 Å². The molecule has 1 unspecified atom stereocenters. The molecule has 0 aliphatic heterocycles. The van der Waals surface area contributed by atoms with E-state index in [0.29, 0.717) is 5.69 Å². The average molecular weight is 287 g/mol. The van der Waals surface area contributed by atoms with E-state index >= 15 is 0 Å². The number of rotatable bonds is 2. The molecule has 0 saturated carbocycles. The standard InChI is InChI=1S/C14H11BrN2/c15-12-3-1-2-11(8-12)14(9-16)10-4-6-13(17)7-5-10/h1-8,14H,17H2. The highest BCUT2D eigenvalue weighted by Crippen LogP contribution is 2.26. The molecule has 0 amide bonds. The number of nitrogens with two attached hydrogens (primary N) is 1. The molecular formula is C14H11BrN2. The lowest BCUT2D eigenvalue weighted by atomic mass is 9.93. The Morgan fingerprint density at radius 2 is 1.76 bits per heavy atom. The van der Waals surface area contributed by atoms with Crippen LogP contribution in [-0.2, 0) is 0 Å². The number of nitrogen functional groups attached to an aromatic ring is 1. The molecule has 84 valence electrons. The second-order valence-electron chi connectivity index (χ2n) is 3.78. The Kier molecular flexibility index (Phi) is 3.46. The van der Waals surface area contributed by atoms with Crippen LogP contribution in [0.25, 0.3) is 0 Å². The van der Waals surface area contributed by atoms with Crippen molar-refractivity contribution in [3.63, 3.8) is 0 Å². The molecule has 2 nitrogen and oxygen atoms in total. The maximum atomic E-state index is 9.30. The molecular weight excluding hydrogens is 276 g/mol. The predicted molar refractivity (Wildman–Crippen MR) is 72.5 cm³/mol. The number of hydrogen-bond acceptors (Lipinski definition) is 2. The molecule has 0 heterocycles. The second kappa shape index (κ2) is 5.03. The van der Waals surface area contributed by atoms with Gasteiger partial charge in [-0.05, 0) is 35.4 Å². The SMILES string of the molecule is N#CC(c1ccc(N)cc1)c1cccc(Br)c1. The molecule has 17 heavy (non-hydrogen) atoms. The summed E-state index contributed by atoms with van der Waals surface area (Å²) >= 11 is 3.41. The van der Waals surface area contributed by atoms with Crippen LogP contribution in [0, 0.1) is 11.3 Å². The van der Waals surface area contributed by atoms with E-state index in [1.807, 2.05) is 48.5 Å². The molecule has 1 atom stereocenters. The average Bonchev–Trinajstić information content (AvgIpc) is 2.33. The first-order valence-corrected chi connectivity index (χ1v) is 6.00. The minimum absolute atomic E-state index is 0.256. The quantitative estimate of drug-likeness (QED) is 0.856. The van der Waals surface area contributed by atoms with Gasteiger partial charge in [0.2, 0.25) is 0 Å². The van der Waals surface area contributed by atoms with Crippen LogP contribution in [0.2, 0.25) is 0 Å². The normalized spacial score (nSPS) is 11.8. The molecule has 0 radical (unpaired) electrons. The van der Waals surface area contributed by atoms with Crippen LogP contribution in [0.4, 0.5) is 5.69 Å². The summed E-state index contributed by atoms with van der Waals surface area (Å²) in [6.45, 7) is 0.